The fourth-order valence-electron chi connectivity index (χ4n) is 1.85. The fraction of sp³-hybridized carbons (Fsp3) is 0.467. The van der Waals surface area contributed by atoms with Gasteiger partial charge in [0.2, 0.25) is 0 Å². The molecule has 0 fully saturated rings. The Hall–Kier alpha value is -1.19. The van der Waals surface area contributed by atoms with Gasteiger partial charge in [-0.3, -0.25) is 0 Å². The Labute approximate surface area is 109 Å². The van der Waals surface area contributed by atoms with Crippen molar-refractivity contribution in [3.8, 4) is 0 Å². The van der Waals surface area contributed by atoms with Gasteiger partial charge in [-0.25, -0.2) is 4.39 Å². The van der Waals surface area contributed by atoms with Gasteiger partial charge in [0.05, 0.1) is 6.61 Å². The molecule has 1 rings (SSSR count). The van der Waals surface area contributed by atoms with Crippen molar-refractivity contribution in [2.75, 3.05) is 13.2 Å². The van der Waals surface area contributed by atoms with Crippen molar-refractivity contribution in [3.05, 3.63) is 41.7 Å². The third kappa shape index (κ3) is 4.98. The molecule has 1 atom stereocenters. The lowest BCUT2D eigenvalue weighted by molar-refractivity contribution is 0.169. The van der Waals surface area contributed by atoms with E-state index in [9.17, 15) is 9.50 Å². The maximum Gasteiger partial charge on any atom is 0.123 e. The van der Waals surface area contributed by atoms with Gasteiger partial charge in [0.25, 0.3) is 0 Å². The summed E-state index contributed by atoms with van der Waals surface area (Å²) < 4.78 is 12.7. The second-order valence-electron chi connectivity index (χ2n) is 4.80. The van der Waals surface area contributed by atoms with Gasteiger partial charge in [-0.15, -0.1) is 0 Å². The highest BCUT2D eigenvalue weighted by atomic mass is 19.1. The number of hydrogen-bond donors (Lipinski definition) is 2. The largest absolute Gasteiger partial charge is 0.394 e. The predicted octanol–water partition coefficient (Wildman–Crippen LogP) is 2.98. The summed E-state index contributed by atoms with van der Waals surface area (Å²) in [5, 5.41) is 12.7. The zero-order valence-corrected chi connectivity index (χ0v) is 11.1. The monoisotopic (exact) mass is 251 g/mol. The Balaban J connectivity index is 2.43. The maximum absolute atomic E-state index is 12.7. The minimum Gasteiger partial charge on any atom is -0.394 e. The molecule has 0 saturated carbocycles. The van der Waals surface area contributed by atoms with Crippen LogP contribution in [0.4, 0.5) is 4.39 Å². The van der Waals surface area contributed by atoms with E-state index in [0.717, 1.165) is 18.4 Å². The summed E-state index contributed by atoms with van der Waals surface area (Å²) in [6.45, 7) is 4.94. The molecule has 100 valence electrons. The average Bonchev–Trinajstić information content (AvgIpc) is 2.37. The van der Waals surface area contributed by atoms with Crippen molar-refractivity contribution in [2.24, 2.45) is 0 Å². The molecule has 0 saturated heterocycles. The Kier molecular flexibility index (Phi) is 6.02. The van der Waals surface area contributed by atoms with E-state index >= 15 is 0 Å². The van der Waals surface area contributed by atoms with Gasteiger partial charge >= 0.3 is 0 Å². The number of nitrogens with one attached hydrogen (secondary N) is 1. The SMILES string of the molecule is CCCC(C)(CO)NC/C=C/c1ccc(F)cc1. The van der Waals surface area contributed by atoms with E-state index in [0.29, 0.717) is 6.54 Å². The molecule has 0 radical (unpaired) electrons. The van der Waals surface area contributed by atoms with Crippen LogP contribution in [0.5, 0.6) is 0 Å². The molecule has 0 amide bonds. The number of aliphatic hydroxyl groups is 1. The Morgan fingerprint density at radius 2 is 2.00 bits per heavy atom. The molecule has 2 nitrogen and oxygen atoms in total. The van der Waals surface area contributed by atoms with Gasteiger partial charge in [0, 0.05) is 12.1 Å². The van der Waals surface area contributed by atoms with Crippen molar-refractivity contribution in [1.29, 1.82) is 0 Å². The molecule has 18 heavy (non-hydrogen) atoms. The molecule has 0 aromatic heterocycles. The third-order valence-electron chi connectivity index (χ3n) is 2.98. The molecular weight excluding hydrogens is 229 g/mol. The Morgan fingerprint density at radius 1 is 1.33 bits per heavy atom. The molecule has 1 aromatic rings. The Morgan fingerprint density at radius 3 is 2.56 bits per heavy atom. The van der Waals surface area contributed by atoms with Crippen LogP contribution in [-0.4, -0.2) is 23.8 Å². The van der Waals surface area contributed by atoms with Crippen molar-refractivity contribution < 1.29 is 9.50 Å². The summed E-state index contributed by atoms with van der Waals surface area (Å²) in [7, 11) is 0. The smallest absolute Gasteiger partial charge is 0.123 e. The van der Waals surface area contributed by atoms with E-state index in [1.807, 2.05) is 19.1 Å². The quantitative estimate of drug-likeness (QED) is 0.781. The first-order chi connectivity index (χ1) is 8.59. The van der Waals surface area contributed by atoms with Crippen LogP contribution in [0.3, 0.4) is 0 Å². The molecule has 0 aliphatic rings. The van der Waals surface area contributed by atoms with Crippen LogP contribution in [-0.2, 0) is 0 Å². The molecular formula is C15H22FNO. The van der Waals surface area contributed by atoms with Crippen molar-refractivity contribution in [3.63, 3.8) is 0 Å². The van der Waals surface area contributed by atoms with Crippen LogP contribution < -0.4 is 5.32 Å². The summed E-state index contributed by atoms with van der Waals surface area (Å²) in [5.41, 5.74) is 0.751. The first-order valence-corrected chi connectivity index (χ1v) is 6.37. The lowest BCUT2D eigenvalue weighted by Gasteiger charge is -2.27. The minimum absolute atomic E-state index is 0.130. The maximum atomic E-state index is 12.7. The molecule has 1 unspecified atom stereocenters. The number of rotatable bonds is 7. The number of hydrogen-bond acceptors (Lipinski definition) is 2. The normalized spacial score (nSPS) is 14.9. The van der Waals surface area contributed by atoms with E-state index in [1.54, 1.807) is 12.1 Å². The molecule has 2 N–H and O–H groups in total. The summed E-state index contributed by atoms with van der Waals surface area (Å²) in [4.78, 5) is 0. The average molecular weight is 251 g/mol. The standard InChI is InChI=1S/C15H22FNO/c1-3-10-15(2,12-18)17-11-4-5-13-6-8-14(16)9-7-13/h4-9,17-18H,3,10-12H2,1-2H3/b5-4+. The van der Waals surface area contributed by atoms with Gasteiger partial charge in [-0.1, -0.05) is 37.6 Å². The van der Waals surface area contributed by atoms with Crippen molar-refractivity contribution in [2.45, 2.75) is 32.2 Å². The van der Waals surface area contributed by atoms with Crippen LogP contribution in [0.15, 0.2) is 30.3 Å². The van der Waals surface area contributed by atoms with Gasteiger partial charge in [-0.05, 0) is 31.0 Å². The molecule has 0 heterocycles. The number of benzene rings is 1. The highest BCUT2D eigenvalue weighted by Crippen LogP contribution is 2.11. The van der Waals surface area contributed by atoms with Crippen LogP contribution in [0.25, 0.3) is 6.08 Å². The molecule has 1 aromatic carbocycles. The number of halogens is 1. The van der Waals surface area contributed by atoms with Gasteiger partial charge in [0.1, 0.15) is 5.82 Å². The predicted molar refractivity (Wildman–Crippen MR) is 73.8 cm³/mol. The first-order valence-electron chi connectivity index (χ1n) is 6.37. The first kappa shape index (κ1) is 14.9. The molecule has 0 bridgehead atoms. The summed E-state index contributed by atoms with van der Waals surface area (Å²) in [6, 6.07) is 6.37. The Bertz CT molecular complexity index is 375. The van der Waals surface area contributed by atoms with Crippen molar-refractivity contribution >= 4 is 6.08 Å². The second kappa shape index (κ2) is 7.29. The van der Waals surface area contributed by atoms with Crippen molar-refractivity contribution in [1.82, 2.24) is 5.32 Å². The van der Waals surface area contributed by atoms with E-state index in [4.69, 9.17) is 0 Å². The van der Waals surface area contributed by atoms with Gasteiger partial charge in [0.15, 0.2) is 0 Å². The third-order valence-corrected chi connectivity index (χ3v) is 2.98. The zero-order valence-electron chi connectivity index (χ0n) is 11.1. The lowest BCUT2D eigenvalue weighted by Crippen LogP contribution is -2.45. The lowest BCUT2D eigenvalue weighted by atomic mass is 9.97. The minimum atomic E-state index is -0.221. The van der Waals surface area contributed by atoms with E-state index in [2.05, 4.69) is 12.2 Å². The second-order valence-corrected chi connectivity index (χ2v) is 4.80. The topological polar surface area (TPSA) is 32.3 Å². The van der Waals surface area contributed by atoms with Gasteiger partial charge in [-0.2, -0.15) is 0 Å². The number of aliphatic hydroxyl groups excluding tert-OH is 1. The van der Waals surface area contributed by atoms with E-state index in [1.165, 1.54) is 12.1 Å². The summed E-state index contributed by atoms with van der Waals surface area (Å²) >= 11 is 0. The highest BCUT2D eigenvalue weighted by molar-refractivity contribution is 5.48. The summed E-state index contributed by atoms with van der Waals surface area (Å²) in [6.07, 6.45) is 5.90. The van der Waals surface area contributed by atoms with Crippen LogP contribution >= 0.6 is 0 Å². The van der Waals surface area contributed by atoms with Crippen LogP contribution in [0, 0.1) is 5.82 Å². The summed E-state index contributed by atoms with van der Waals surface area (Å²) in [5.74, 6) is -0.221. The van der Waals surface area contributed by atoms with Gasteiger partial charge < -0.3 is 10.4 Å². The molecule has 3 heteroatoms. The molecule has 0 spiro atoms. The van der Waals surface area contributed by atoms with E-state index < -0.39 is 0 Å². The highest BCUT2D eigenvalue weighted by Gasteiger charge is 2.19. The van der Waals surface area contributed by atoms with E-state index in [-0.39, 0.29) is 18.0 Å². The zero-order chi connectivity index (χ0) is 13.4. The molecule has 0 aliphatic heterocycles. The fourth-order valence-corrected chi connectivity index (χ4v) is 1.85. The van der Waals surface area contributed by atoms with Crippen LogP contribution in [0.1, 0.15) is 32.3 Å². The molecule has 0 aliphatic carbocycles. The van der Waals surface area contributed by atoms with Crippen LogP contribution in [0.2, 0.25) is 0 Å².